The number of hydrogen-bond donors (Lipinski definition) is 1. The summed E-state index contributed by atoms with van der Waals surface area (Å²) in [4.78, 5) is 13.9. The molecule has 4 heteroatoms. The third-order valence-electron chi connectivity index (χ3n) is 3.68. The zero-order chi connectivity index (χ0) is 15.5. The Bertz CT molecular complexity index is 481. The van der Waals surface area contributed by atoms with Crippen molar-refractivity contribution in [2.45, 2.75) is 51.2 Å². The minimum atomic E-state index is -0.991. The van der Waals surface area contributed by atoms with Gasteiger partial charge in [0, 0.05) is 6.54 Å². The first kappa shape index (κ1) is 15.8. The summed E-state index contributed by atoms with van der Waals surface area (Å²) in [5.74, 6) is 0. The van der Waals surface area contributed by atoms with Crippen molar-refractivity contribution in [3.8, 4) is 0 Å². The Morgan fingerprint density at radius 3 is 2.52 bits per heavy atom. The van der Waals surface area contributed by atoms with Crippen molar-refractivity contribution in [1.29, 1.82) is 0 Å². The minimum Gasteiger partial charge on any atom is -0.444 e. The Morgan fingerprint density at radius 1 is 1.24 bits per heavy atom. The third kappa shape index (κ3) is 4.21. The number of likely N-dealkylation sites (tertiary alicyclic amines) is 1. The maximum atomic E-state index is 12.3. The number of amides is 1. The Morgan fingerprint density at radius 2 is 1.90 bits per heavy atom. The molecule has 0 aromatic heterocycles. The van der Waals surface area contributed by atoms with Crippen LogP contribution in [0.15, 0.2) is 30.3 Å². The van der Waals surface area contributed by atoms with Crippen LogP contribution in [0.3, 0.4) is 0 Å². The number of ether oxygens (including phenoxy) is 1. The smallest absolute Gasteiger partial charge is 0.410 e. The van der Waals surface area contributed by atoms with Gasteiger partial charge in [-0.25, -0.2) is 4.79 Å². The number of rotatable bonds is 1. The van der Waals surface area contributed by atoms with Gasteiger partial charge in [0.1, 0.15) is 11.2 Å². The molecule has 1 aromatic carbocycles. The fourth-order valence-electron chi connectivity index (χ4n) is 2.66. The van der Waals surface area contributed by atoms with Gasteiger partial charge in [0.05, 0.1) is 6.54 Å². The molecule has 1 fully saturated rings. The number of hydrogen-bond acceptors (Lipinski definition) is 3. The van der Waals surface area contributed by atoms with E-state index < -0.39 is 11.2 Å². The lowest BCUT2D eigenvalue weighted by Crippen LogP contribution is -2.44. The van der Waals surface area contributed by atoms with Gasteiger partial charge < -0.3 is 14.7 Å². The van der Waals surface area contributed by atoms with Gasteiger partial charge in [0.25, 0.3) is 0 Å². The number of β-amino-alcohol motifs (C(OH)–C–C–N with tert-alkyl or cyclic N) is 1. The van der Waals surface area contributed by atoms with E-state index in [0.717, 1.165) is 18.4 Å². The highest BCUT2D eigenvalue weighted by molar-refractivity contribution is 5.68. The third-order valence-corrected chi connectivity index (χ3v) is 3.68. The molecule has 1 unspecified atom stereocenters. The average Bonchev–Trinajstić information content (AvgIpc) is 2.61. The quantitative estimate of drug-likeness (QED) is 0.863. The molecule has 0 radical (unpaired) electrons. The second-order valence-electron chi connectivity index (χ2n) is 6.76. The average molecular weight is 291 g/mol. The molecule has 1 atom stereocenters. The van der Waals surface area contributed by atoms with E-state index in [1.165, 1.54) is 0 Å². The fourth-order valence-corrected chi connectivity index (χ4v) is 2.66. The van der Waals surface area contributed by atoms with Gasteiger partial charge in [-0.05, 0) is 45.6 Å². The summed E-state index contributed by atoms with van der Waals surface area (Å²) in [5, 5.41) is 11.0. The minimum absolute atomic E-state index is 0.284. The number of aliphatic hydroxyl groups is 1. The first-order valence-electron chi connectivity index (χ1n) is 7.56. The van der Waals surface area contributed by atoms with Crippen molar-refractivity contribution in [3.05, 3.63) is 35.9 Å². The molecule has 1 heterocycles. The van der Waals surface area contributed by atoms with Gasteiger partial charge >= 0.3 is 6.09 Å². The highest BCUT2D eigenvalue weighted by atomic mass is 16.6. The summed E-state index contributed by atoms with van der Waals surface area (Å²) in [5.41, 5.74) is -0.649. The summed E-state index contributed by atoms with van der Waals surface area (Å²) < 4.78 is 5.44. The molecule has 1 aromatic rings. The first-order valence-corrected chi connectivity index (χ1v) is 7.56. The Hall–Kier alpha value is -1.55. The van der Waals surface area contributed by atoms with Crippen LogP contribution < -0.4 is 0 Å². The van der Waals surface area contributed by atoms with Crippen molar-refractivity contribution in [1.82, 2.24) is 4.90 Å². The largest absolute Gasteiger partial charge is 0.444 e. The monoisotopic (exact) mass is 291 g/mol. The number of carbonyl (C=O) groups excluding carboxylic acids is 1. The Kier molecular flexibility index (Phi) is 4.57. The van der Waals surface area contributed by atoms with Crippen LogP contribution in [0.1, 0.15) is 45.6 Å². The lowest BCUT2D eigenvalue weighted by atomic mass is 9.89. The summed E-state index contributed by atoms with van der Waals surface area (Å²) >= 11 is 0. The molecule has 0 bridgehead atoms. The van der Waals surface area contributed by atoms with Gasteiger partial charge in [-0.3, -0.25) is 0 Å². The molecule has 116 valence electrons. The number of benzene rings is 1. The van der Waals surface area contributed by atoms with E-state index in [2.05, 4.69) is 0 Å². The molecular weight excluding hydrogens is 266 g/mol. The number of nitrogens with zero attached hydrogens (tertiary/aromatic N) is 1. The van der Waals surface area contributed by atoms with Crippen LogP contribution in [0, 0.1) is 0 Å². The molecule has 0 saturated carbocycles. The predicted molar refractivity (Wildman–Crippen MR) is 82.0 cm³/mol. The standard InChI is InChI=1S/C17H25NO3/c1-16(2,3)21-15(19)18-12-8-7-11-17(20,13-18)14-9-5-4-6-10-14/h4-6,9-10,20H,7-8,11-13H2,1-3H3. The van der Waals surface area contributed by atoms with Gasteiger partial charge in [-0.15, -0.1) is 0 Å². The van der Waals surface area contributed by atoms with Crippen LogP contribution in [-0.2, 0) is 10.3 Å². The van der Waals surface area contributed by atoms with Crippen LogP contribution in [-0.4, -0.2) is 34.8 Å². The molecule has 0 spiro atoms. The van der Waals surface area contributed by atoms with Gasteiger partial charge in [0.15, 0.2) is 0 Å². The second-order valence-corrected chi connectivity index (χ2v) is 6.76. The SMILES string of the molecule is CC(C)(C)OC(=O)N1CCCCC(O)(c2ccccc2)C1. The number of carbonyl (C=O) groups is 1. The maximum absolute atomic E-state index is 12.3. The molecule has 2 rings (SSSR count). The normalized spacial score (nSPS) is 23.5. The molecule has 1 aliphatic rings. The zero-order valence-electron chi connectivity index (χ0n) is 13.1. The summed E-state index contributed by atoms with van der Waals surface area (Å²) in [6.45, 7) is 6.47. The molecule has 1 aliphatic heterocycles. The Labute approximate surface area is 126 Å². The van der Waals surface area contributed by atoms with E-state index >= 15 is 0 Å². The second kappa shape index (κ2) is 6.06. The molecule has 4 nitrogen and oxygen atoms in total. The Balaban J connectivity index is 2.17. The van der Waals surface area contributed by atoms with Crippen LogP contribution >= 0.6 is 0 Å². The highest BCUT2D eigenvalue weighted by Gasteiger charge is 2.36. The predicted octanol–water partition coefficient (Wildman–Crippen LogP) is 3.30. The van der Waals surface area contributed by atoms with E-state index in [9.17, 15) is 9.90 Å². The van der Waals surface area contributed by atoms with Gasteiger partial charge in [-0.2, -0.15) is 0 Å². The first-order chi connectivity index (χ1) is 9.80. The topological polar surface area (TPSA) is 49.8 Å². The fraction of sp³-hybridized carbons (Fsp3) is 0.588. The van der Waals surface area contributed by atoms with E-state index in [1.54, 1.807) is 4.90 Å². The van der Waals surface area contributed by atoms with E-state index in [4.69, 9.17) is 4.74 Å². The summed E-state index contributed by atoms with van der Waals surface area (Å²) in [6, 6.07) is 9.58. The van der Waals surface area contributed by atoms with Crippen LogP contribution in [0.25, 0.3) is 0 Å². The van der Waals surface area contributed by atoms with Gasteiger partial charge in [-0.1, -0.05) is 30.3 Å². The zero-order valence-corrected chi connectivity index (χ0v) is 13.1. The van der Waals surface area contributed by atoms with Gasteiger partial charge in [0.2, 0.25) is 0 Å². The molecule has 1 saturated heterocycles. The lowest BCUT2D eigenvalue weighted by molar-refractivity contribution is -0.0171. The molecule has 21 heavy (non-hydrogen) atoms. The van der Waals surface area contributed by atoms with Crippen LogP contribution in [0.4, 0.5) is 4.79 Å². The van der Waals surface area contributed by atoms with Crippen molar-refractivity contribution >= 4 is 6.09 Å². The van der Waals surface area contributed by atoms with Crippen molar-refractivity contribution < 1.29 is 14.6 Å². The molecule has 0 aliphatic carbocycles. The molecule has 1 N–H and O–H groups in total. The highest BCUT2D eigenvalue weighted by Crippen LogP contribution is 2.31. The van der Waals surface area contributed by atoms with E-state index in [-0.39, 0.29) is 12.6 Å². The van der Waals surface area contributed by atoms with Crippen molar-refractivity contribution in [3.63, 3.8) is 0 Å². The van der Waals surface area contributed by atoms with Crippen LogP contribution in [0.5, 0.6) is 0 Å². The molecular formula is C17H25NO3. The van der Waals surface area contributed by atoms with Crippen LogP contribution in [0.2, 0.25) is 0 Å². The van der Waals surface area contributed by atoms with Crippen molar-refractivity contribution in [2.75, 3.05) is 13.1 Å². The van der Waals surface area contributed by atoms with Crippen molar-refractivity contribution in [2.24, 2.45) is 0 Å². The van der Waals surface area contributed by atoms with E-state index in [0.29, 0.717) is 13.0 Å². The van der Waals surface area contributed by atoms with E-state index in [1.807, 2.05) is 51.1 Å². The summed E-state index contributed by atoms with van der Waals surface area (Å²) in [7, 11) is 0. The molecule has 1 amide bonds. The summed E-state index contributed by atoms with van der Waals surface area (Å²) in [6.07, 6.45) is 2.09. The maximum Gasteiger partial charge on any atom is 0.410 e. The lowest BCUT2D eigenvalue weighted by Gasteiger charge is -2.33.